The summed E-state index contributed by atoms with van der Waals surface area (Å²) in [7, 11) is 1.56. The highest BCUT2D eigenvalue weighted by molar-refractivity contribution is 5.91. The summed E-state index contributed by atoms with van der Waals surface area (Å²) in [5.74, 6) is -0.568. The third kappa shape index (κ3) is 6.40. The molecule has 2 N–H and O–H groups in total. The third-order valence-corrected chi connectivity index (χ3v) is 4.03. The molecule has 6 nitrogen and oxygen atoms in total. The quantitative estimate of drug-likeness (QED) is 0.619. The number of amides is 1. The summed E-state index contributed by atoms with van der Waals surface area (Å²) in [6.07, 6.45) is 3.05. The summed E-state index contributed by atoms with van der Waals surface area (Å²) in [6.45, 7) is 1.32. The van der Waals surface area contributed by atoms with Crippen LogP contribution in [0.4, 0.5) is 4.39 Å². The Hall–Kier alpha value is -1.96. The van der Waals surface area contributed by atoms with Gasteiger partial charge < -0.3 is 24.6 Å². The lowest BCUT2D eigenvalue weighted by Gasteiger charge is -2.29. The summed E-state index contributed by atoms with van der Waals surface area (Å²) in [4.78, 5) is 12.3. The fraction of sp³-hybridized carbons (Fsp3) is 0.526. The predicted octanol–water partition coefficient (Wildman–Crippen LogP) is 2.09. The molecule has 1 aliphatic rings. The molecule has 1 heterocycles. The Morgan fingerprint density at radius 2 is 2.08 bits per heavy atom. The van der Waals surface area contributed by atoms with E-state index >= 15 is 0 Å². The average molecular weight is 367 g/mol. The van der Waals surface area contributed by atoms with Crippen molar-refractivity contribution < 1.29 is 28.5 Å². The Morgan fingerprint density at radius 3 is 2.77 bits per heavy atom. The van der Waals surface area contributed by atoms with Gasteiger partial charge in [-0.25, -0.2) is 4.39 Å². The second kappa shape index (κ2) is 10.9. The Balaban J connectivity index is 2.06. The molecule has 1 aromatic rings. The second-order valence-electron chi connectivity index (χ2n) is 6.02. The Labute approximate surface area is 152 Å². The number of benzene rings is 1. The Bertz CT molecular complexity index is 590. The van der Waals surface area contributed by atoms with Gasteiger partial charge in [-0.05, 0) is 36.6 Å². The molecule has 0 spiro atoms. The van der Waals surface area contributed by atoms with Crippen LogP contribution in [-0.2, 0) is 19.0 Å². The van der Waals surface area contributed by atoms with Crippen LogP contribution in [0, 0.1) is 5.82 Å². The monoisotopic (exact) mass is 367 g/mol. The molecule has 0 saturated carbocycles. The zero-order valence-corrected chi connectivity index (χ0v) is 14.9. The molecular weight excluding hydrogens is 341 g/mol. The molecule has 0 fully saturated rings. The molecule has 1 aliphatic heterocycles. The number of carbonyl (C=O) groups is 1. The standard InChI is InChI=1S/C19H26FNO5/c1-24-11-8-21-19(23)17-12-15(14-4-6-16(20)7-5-14)13-18(26-17)25-10-3-2-9-22/h4-7,12,15,18,22H,2-3,8-11,13H2,1H3,(H,21,23)/t15-,18+/m0/s1. The zero-order valence-electron chi connectivity index (χ0n) is 14.9. The topological polar surface area (TPSA) is 77.0 Å². The molecule has 26 heavy (non-hydrogen) atoms. The van der Waals surface area contributed by atoms with E-state index in [1.165, 1.54) is 12.1 Å². The smallest absolute Gasteiger partial charge is 0.286 e. The lowest BCUT2D eigenvalue weighted by molar-refractivity contribution is -0.146. The molecular formula is C19H26FNO5. The highest BCUT2D eigenvalue weighted by Crippen LogP contribution is 2.31. The van der Waals surface area contributed by atoms with E-state index in [2.05, 4.69) is 5.32 Å². The maximum atomic E-state index is 13.2. The van der Waals surface area contributed by atoms with E-state index in [1.807, 2.05) is 0 Å². The number of aliphatic hydroxyl groups is 1. The molecule has 0 bridgehead atoms. The van der Waals surface area contributed by atoms with Gasteiger partial charge in [0.05, 0.1) is 13.2 Å². The normalized spacial score (nSPS) is 19.6. The van der Waals surface area contributed by atoms with Crippen molar-refractivity contribution in [2.45, 2.75) is 31.5 Å². The van der Waals surface area contributed by atoms with Crippen molar-refractivity contribution in [2.24, 2.45) is 0 Å². The average Bonchev–Trinajstić information content (AvgIpc) is 2.66. The minimum absolute atomic E-state index is 0.111. The van der Waals surface area contributed by atoms with Crippen molar-refractivity contribution in [3.63, 3.8) is 0 Å². The largest absolute Gasteiger partial charge is 0.459 e. The van der Waals surface area contributed by atoms with Gasteiger partial charge in [-0.3, -0.25) is 4.79 Å². The van der Waals surface area contributed by atoms with Crippen LogP contribution < -0.4 is 5.32 Å². The minimum Gasteiger partial charge on any atom is -0.459 e. The van der Waals surface area contributed by atoms with Crippen LogP contribution in [-0.4, -0.2) is 50.8 Å². The number of methoxy groups -OCH3 is 1. The van der Waals surface area contributed by atoms with Gasteiger partial charge in [0.2, 0.25) is 6.29 Å². The van der Waals surface area contributed by atoms with E-state index in [0.29, 0.717) is 39.0 Å². The van der Waals surface area contributed by atoms with Crippen LogP contribution in [0.25, 0.3) is 0 Å². The molecule has 0 aromatic heterocycles. The van der Waals surface area contributed by atoms with E-state index in [1.54, 1.807) is 25.3 Å². The van der Waals surface area contributed by atoms with E-state index in [4.69, 9.17) is 19.3 Å². The molecule has 7 heteroatoms. The first-order valence-electron chi connectivity index (χ1n) is 8.77. The molecule has 1 aromatic carbocycles. The number of hydrogen-bond acceptors (Lipinski definition) is 5. The first-order valence-corrected chi connectivity index (χ1v) is 8.77. The molecule has 2 rings (SSSR count). The third-order valence-electron chi connectivity index (χ3n) is 4.03. The number of halogens is 1. The van der Waals surface area contributed by atoms with Gasteiger partial charge in [-0.15, -0.1) is 0 Å². The van der Waals surface area contributed by atoms with Gasteiger partial charge in [0.1, 0.15) is 5.82 Å². The van der Waals surface area contributed by atoms with Gasteiger partial charge >= 0.3 is 0 Å². The predicted molar refractivity (Wildman–Crippen MR) is 93.9 cm³/mol. The fourth-order valence-electron chi connectivity index (χ4n) is 2.64. The van der Waals surface area contributed by atoms with E-state index < -0.39 is 6.29 Å². The number of ether oxygens (including phenoxy) is 3. The van der Waals surface area contributed by atoms with E-state index in [9.17, 15) is 9.18 Å². The minimum atomic E-state index is -0.572. The number of hydrogen-bond donors (Lipinski definition) is 2. The van der Waals surface area contributed by atoms with Gasteiger partial charge in [0.25, 0.3) is 5.91 Å². The van der Waals surface area contributed by atoms with Crippen LogP contribution in [0.3, 0.4) is 0 Å². The van der Waals surface area contributed by atoms with E-state index in [-0.39, 0.29) is 30.0 Å². The lowest BCUT2D eigenvalue weighted by Crippen LogP contribution is -2.34. The zero-order chi connectivity index (χ0) is 18.8. The number of unbranched alkanes of at least 4 members (excludes halogenated alkanes) is 1. The van der Waals surface area contributed by atoms with E-state index in [0.717, 1.165) is 5.56 Å². The van der Waals surface area contributed by atoms with Gasteiger partial charge in [-0.1, -0.05) is 12.1 Å². The highest BCUT2D eigenvalue weighted by atomic mass is 19.1. The number of allylic oxidation sites excluding steroid dienone is 1. The number of nitrogens with one attached hydrogen (secondary N) is 1. The van der Waals surface area contributed by atoms with Crippen LogP contribution in [0.2, 0.25) is 0 Å². The fourth-order valence-corrected chi connectivity index (χ4v) is 2.64. The second-order valence-corrected chi connectivity index (χ2v) is 6.02. The maximum absolute atomic E-state index is 13.2. The first kappa shape index (κ1) is 20.4. The van der Waals surface area contributed by atoms with Crippen molar-refractivity contribution in [1.29, 1.82) is 0 Å². The molecule has 0 saturated heterocycles. The maximum Gasteiger partial charge on any atom is 0.286 e. The molecule has 0 radical (unpaired) electrons. The molecule has 2 atom stereocenters. The van der Waals surface area contributed by atoms with Gasteiger partial charge in [-0.2, -0.15) is 0 Å². The van der Waals surface area contributed by atoms with Crippen LogP contribution in [0.1, 0.15) is 30.7 Å². The van der Waals surface area contributed by atoms with Crippen molar-refractivity contribution in [3.8, 4) is 0 Å². The summed E-state index contributed by atoms with van der Waals surface area (Å²) in [6, 6.07) is 6.19. The van der Waals surface area contributed by atoms with Crippen LogP contribution >= 0.6 is 0 Å². The molecule has 144 valence electrons. The number of carbonyl (C=O) groups excluding carboxylic acids is 1. The Kier molecular flexibility index (Phi) is 8.53. The molecule has 0 unspecified atom stereocenters. The first-order chi connectivity index (χ1) is 12.6. The van der Waals surface area contributed by atoms with Crippen LogP contribution in [0.15, 0.2) is 36.1 Å². The van der Waals surface area contributed by atoms with Gasteiger partial charge in [0.15, 0.2) is 5.76 Å². The number of aliphatic hydroxyl groups excluding tert-OH is 1. The van der Waals surface area contributed by atoms with Crippen molar-refractivity contribution >= 4 is 5.91 Å². The van der Waals surface area contributed by atoms with Gasteiger partial charge in [0, 0.05) is 32.6 Å². The summed E-state index contributed by atoms with van der Waals surface area (Å²) in [5, 5.41) is 11.6. The summed E-state index contributed by atoms with van der Waals surface area (Å²) >= 11 is 0. The SMILES string of the molecule is COCCNC(=O)C1=C[C@H](c2ccc(F)cc2)C[C@H](OCCCCO)O1. The highest BCUT2D eigenvalue weighted by Gasteiger charge is 2.28. The molecule has 1 amide bonds. The van der Waals surface area contributed by atoms with Crippen molar-refractivity contribution in [2.75, 3.05) is 33.5 Å². The molecule has 0 aliphatic carbocycles. The van der Waals surface area contributed by atoms with Crippen molar-refractivity contribution in [1.82, 2.24) is 5.32 Å². The number of rotatable bonds is 10. The summed E-state index contributed by atoms with van der Waals surface area (Å²) in [5.41, 5.74) is 0.890. The Morgan fingerprint density at radius 1 is 1.31 bits per heavy atom. The van der Waals surface area contributed by atoms with Crippen molar-refractivity contribution in [3.05, 3.63) is 47.5 Å². The lowest BCUT2D eigenvalue weighted by atomic mass is 9.93. The summed E-state index contributed by atoms with van der Waals surface area (Å²) < 4.78 is 29.5. The van der Waals surface area contributed by atoms with Crippen LogP contribution in [0.5, 0.6) is 0 Å².